The van der Waals surface area contributed by atoms with Crippen LogP contribution in [0.15, 0.2) is 35.2 Å². The first-order valence-corrected chi connectivity index (χ1v) is 10.1. The molecule has 1 amide bonds. The average Bonchev–Trinajstić information content (AvgIpc) is 2.97. The van der Waals surface area contributed by atoms with Crippen LogP contribution in [0.5, 0.6) is 0 Å². The molecule has 2 aromatic rings. The molecule has 0 bridgehead atoms. The third-order valence-corrected chi connectivity index (χ3v) is 6.45. The van der Waals surface area contributed by atoms with Crippen molar-refractivity contribution >= 4 is 40.0 Å². The summed E-state index contributed by atoms with van der Waals surface area (Å²) in [7, 11) is 1.38. The Hall–Kier alpha value is -1.79. The van der Waals surface area contributed by atoms with Gasteiger partial charge in [-0.05, 0) is 42.9 Å². The molecule has 1 atom stereocenters. The van der Waals surface area contributed by atoms with E-state index in [1.54, 1.807) is 0 Å². The number of ether oxygens (including phenoxy) is 1. The number of carbonyl (C=O) groups is 2. The molecule has 0 unspecified atom stereocenters. The molecule has 6 heteroatoms. The smallest absolute Gasteiger partial charge is 0.341 e. The minimum atomic E-state index is -0.363. The summed E-state index contributed by atoms with van der Waals surface area (Å²) < 4.78 is 4.95. The van der Waals surface area contributed by atoms with Crippen LogP contribution < -0.4 is 5.32 Å². The maximum atomic E-state index is 12.3. The summed E-state index contributed by atoms with van der Waals surface area (Å²) in [5.74, 6) is 0.446. The fourth-order valence-corrected chi connectivity index (χ4v) is 5.12. The number of fused-ring (bicyclic) bond motifs is 1. The van der Waals surface area contributed by atoms with Gasteiger partial charge in [0.1, 0.15) is 5.00 Å². The highest BCUT2D eigenvalue weighted by Gasteiger charge is 2.28. The van der Waals surface area contributed by atoms with Crippen LogP contribution in [0, 0.1) is 5.92 Å². The number of nitrogens with one attached hydrogen (secondary N) is 1. The topological polar surface area (TPSA) is 55.4 Å². The first kappa shape index (κ1) is 18.0. The van der Waals surface area contributed by atoms with Crippen LogP contribution in [0.4, 0.5) is 5.00 Å². The second kappa shape index (κ2) is 8.06. The quantitative estimate of drug-likeness (QED) is 0.622. The number of amides is 1. The highest BCUT2D eigenvalue weighted by Crippen LogP contribution is 2.40. The van der Waals surface area contributed by atoms with Gasteiger partial charge in [0.2, 0.25) is 5.91 Å². The van der Waals surface area contributed by atoms with Crippen LogP contribution in [0.2, 0.25) is 0 Å². The van der Waals surface area contributed by atoms with Crippen molar-refractivity contribution in [1.82, 2.24) is 0 Å². The van der Waals surface area contributed by atoms with Crippen LogP contribution in [0.25, 0.3) is 0 Å². The summed E-state index contributed by atoms with van der Waals surface area (Å²) >= 11 is 3.00. The monoisotopic (exact) mass is 375 g/mol. The van der Waals surface area contributed by atoms with Gasteiger partial charge in [0.15, 0.2) is 0 Å². The summed E-state index contributed by atoms with van der Waals surface area (Å²) in [5, 5.41) is 3.56. The van der Waals surface area contributed by atoms with E-state index < -0.39 is 0 Å². The zero-order valence-corrected chi connectivity index (χ0v) is 16.0. The van der Waals surface area contributed by atoms with Crippen molar-refractivity contribution in [2.24, 2.45) is 5.92 Å². The highest BCUT2D eigenvalue weighted by atomic mass is 32.2. The Morgan fingerprint density at radius 3 is 2.80 bits per heavy atom. The molecule has 4 nitrogen and oxygen atoms in total. The van der Waals surface area contributed by atoms with E-state index in [1.165, 1.54) is 35.1 Å². The molecule has 0 saturated heterocycles. The second-order valence-corrected chi connectivity index (χ2v) is 8.35. The molecule has 132 valence electrons. The van der Waals surface area contributed by atoms with Crippen LogP contribution in [-0.4, -0.2) is 24.7 Å². The summed E-state index contributed by atoms with van der Waals surface area (Å²) in [6.07, 6.45) is 2.88. The largest absolute Gasteiger partial charge is 0.465 e. The van der Waals surface area contributed by atoms with E-state index in [0.29, 0.717) is 22.2 Å². The lowest BCUT2D eigenvalue weighted by molar-refractivity contribution is -0.113. The summed E-state index contributed by atoms with van der Waals surface area (Å²) in [5.41, 5.74) is 1.61. The van der Waals surface area contributed by atoms with E-state index in [4.69, 9.17) is 4.74 Å². The van der Waals surface area contributed by atoms with Gasteiger partial charge in [-0.25, -0.2) is 4.79 Å². The number of carbonyl (C=O) groups excluding carboxylic acids is 2. The SMILES string of the molecule is COC(=O)c1c(NC(=O)CSc2ccccc2)sc2c1CC[C@@H](C)C2. The molecule has 1 aliphatic carbocycles. The van der Waals surface area contributed by atoms with Crippen LogP contribution in [-0.2, 0) is 22.4 Å². The number of benzene rings is 1. The van der Waals surface area contributed by atoms with Crippen molar-refractivity contribution in [2.45, 2.75) is 31.1 Å². The van der Waals surface area contributed by atoms with E-state index in [1.807, 2.05) is 30.3 Å². The maximum absolute atomic E-state index is 12.3. The molecule has 0 spiro atoms. The van der Waals surface area contributed by atoms with Crippen molar-refractivity contribution < 1.29 is 14.3 Å². The number of anilines is 1. The predicted octanol–water partition coefficient (Wildman–Crippen LogP) is 4.39. The number of thiophene rings is 1. The number of thioether (sulfide) groups is 1. The van der Waals surface area contributed by atoms with Gasteiger partial charge in [0.25, 0.3) is 0 Å². The third-order valence-electron chi connectivity index (χ3n) is 4.27. The van der Waals surface area contributed by atoms with Crippen LogP contribution >= 0.6 is 23.1 Å². The van der Waals surface area contributed by atoms with Crippen molar-refractivity contribution in [2.75, 3.05) is 18.2 Å². The van der Waals surface area contributed by atoms with E-state index >= 15 is 0 Å². The lowest BCUT2D eigenvalue weighted by Crippen LogP contribution is -2.17. The van der Waals surface area contributed by atoms with E-state index in [9.17, 15) is 9.59 Å². The first-order chi connectivity index (χ1) is 12.1. The molecule has 0 aliphatic heterocycles. The van der Waals surface area contributed by atoms with E-state index in [0.717, 1.165) is 29.7 Å². The third kappa shape index (κ3) is 4.25. The summed E-state index contributed by atoms with van der Waals surface area (Å²) in [6.45, 7) is 2.22. The molecule has 1 heterocycles. The number of rotatable bonds is 5. The molecule has 0 fully saturated rings. The normalized spacial score (nSPS) is 16.2. The second-order valence-electron chi connectivity index (χ2n) is 6.20. The Morgan fingerprint density at radius 1 is 1.32 bits per heavy atom. The number of esters is 1. The molecule has 1 aromatic heterocycles. The zero-order valence-electron chi connectivity index (χ0n) is 14.3. The van der Waals surface area contributed by atoms with Crippen molar-refractivity contribution in [3.05, 3.63) is 46.3 Å². The van der Waals surface area contributed by atoms with Gasteiger partial charge in [0.05, 0.1) is 18.4 Å². The molecule has 25 heavy (non-hydrogen) atoms. The minimum Gasteiger partial charge on any atom is -0.465 e. The fraction of sp³-hybridized carbons (Fsp3) is 0.368. The van der Waals surface area contributed by atoms with Gasteiger partial charge >= 0.3 is 5.97 Å². The highest BCUT2D eigenvalue weighted by molar-refractivity contribution is 8.00. The van der Waals surface area contributed by atoms with Gasteiger partial charge in [-0.2, -0.15) is 0 Å². The standard InChI is InChI=1S/C19H21NO3S2/c1-12-8-9-14-15(10-12)25-18(17(14)19(22)23-2)20-16(21)11-24-13-6-4-3-5-7-13/h3-7,12H,8-11H2,1-2H3,(H,20,21)/t12-/m1/s1. The van der Waals surface area contributed by atoms with Crippen LogP contribution in [0.1, 0.15) is 34.1 Å². The summed E-state index contributed by atoms with van der Waals surface area (Å²) in [6, 6.07) is 9.80. The van der Waals surface area contributed by atoms with Gasteiger partial charge in [-0.1, -0.05) is 25.1 Å². The van der Waals surface area contributed by atoms with Gasteiger partial charge in [-0.3, -0.25) is 4.79 Å². The van der Waals surface area contributed by atoms with Gasteiger partial charge in [0, 0.05) is 9.77 Å². The Morgan fingerprint density at radius 2 is 2.08 bits per heavy atom. The Kier molecular flexibility index (Phi) is 5.81. The van der Waals surface area contributed by atoms with E-state index in [-0.39, 0.29) is 11.9 Å². The molecule has 0 radical (unpaired) electrons. The average molecular weight is 376 g/mol. The molecule has 1 aliphatic rings. The number of hydrogen-bond donors (Lipinski definition) is 1. The maximum Gasteiger partial charge on any atom is 0.341 e. The number of hydrogen-bond acceptors (Lipinski definition) is 5. The molecule has 3 rings (SSSR count). The van der Waals surface area contributed by atoms with Crippen molar-refractivity contribution in [3.63, 3.8) is 0 Å². The van der Waals surface area contributed by atoms with Crippen molar-refractivity contribution in [3.8, 4) is 0 Å². The lowest BCUT2D eigenvalue weighted by Gasteiger charge is -2.18. The van der Waals surface area contributed by atoms with E-state index in [2.05, 4.69) is 12.2 Å². The number of methoxy groups -OCH3 is 1. The first-order valence-electron chi connectivity index (χ1n) is 8.29. The fourth-order valence-electron chi connectivity index (χ4n) is 2.99. The molecule has 0 saturated carbocycles. The van der Waals surface area contributed by atoms with Crippen molar-refractivity contribution in [1.29, 1.82) is 0 Å². The molecular weight excluding hydrogens is 354 g/mol. The zero-order chi connectivity index (χ0) is 17.8. The molecule has 1 N–H and O–H groups in total. The summed E-state index contributed by atoms with van der Waals surface area (Å²) in [4.78, 5) is 26.8. The van der Waals surface area contributed by atoms with Gasteiger partial charge < -0.3 is 10.1 Å². The Labute approximate surface area is 156 Å². The van der Waals surface area contributed by atoms with Crippen LogP contribution in [0.3, 0.4) is 0 Å². The molecule has 1 aromatic carbocycles. The lowest BCUT2D eigenvalue weighted by atomic mass is 9.88. The minimum absolute atomic E-state index is 0.106. The Balaban J connectivity index is 1.75. The Bertz CT molecular complexity index is 770. The van der Waals surface area contributed by atoms with Gasteiger partial charge in [-0.15, -0.1) is 23.1 Å². The predicted molar refractivity (Wildman–Crippen MR) is 103 cm³/mol. The molecular formula is C19H21NO3S2.